The van der Waals surface area contributed by atoms with Crippen molar-refractivity contribution in [1.29, 1.82) is 0 Å². The number of aromatic nitrogens is 3. The van der Waals surface area contributed by atoms with Gasteiger partial charge in [-0.15, -0.1) is 6.58 Å². The lowest BCUT2D eigenvalue weighted by Gasteiger charge is -2.08. The van der Waals surface area contributed by atoms with Gasteiger partial charge in [-0.05, 0) is 36.8 Å². The van der Waals surface area contributed by atoms with Crippen LogP contribution in [0.3, 0.4) is 0 Å². The third-order valence-corrected chi connectivity index (χ3v) is 4.97. The van der Waals surface area contributed by atoms with E-state index in [-0.39, 0.29) is 5.56 Å². The van der Waals surface area contributed by atoms with Gasteiger partial charge in [-0.3, -0.25) is 9.36 Å². The second-order valence-electron chi connectivity index (χ2n) is 5.33. The molecule has 0 amide bonds. The van der Waals surface area contributed by atoms with Gasteiger partial charge in [-0.1, -0.05) is 29.5 Å². The molecule has 0 saturated heterocycles. The molecule has 0 aliphatic carbocycles. The van der Waals surface area contributed by atoms with Gasteiger partial charge in [0.15, 0.2) is 9.60 Å². The highest BCUT2D eigenvalue weighted by Gasteiger charge is 2.11. The standard InChI is InChI=1S/C17H17N3O2S2/c1-3-7-20-15-14(24-17(20)23)16(21)19(11-18-15)8-9-22-13-6-4-5-12(2)10-13/h3-6,10-11H,1,7-9H2,2H3. The van der Waals surface area contributed by atoms with E-state index in [1.54, 1.807) is 17.0 Å². The third kappa shape index (κ3) is 3.32. The Morgan fingerprint density at radius 1 is 1.46 bits per heavy atom. The molecule has 0 aliphatic rings. The van der Waals surface area contributed by atoms with Gasteiger partial charge >= 0.3 is 0 Å². The Morgan fingerprint density at radius 3 is 3.04 bits per heavy atom. The minimum absolute atomic E-state index is 0.0910. The van der Waals surface area contributed by atoms with Crippen LogP contribution in [0.25, 0.3) is 10.3 Å². The summed E-state index contributed by atoms with van der Waals surface area (Å²) >= 11 is 6.59. The minimum atomic E-state index is -0.0910. The molecule has 24 heavy (non-hydrogen) atoms. The number of nitrogens with zero attached hydrogens (tertiary/aromatic N) is 3. The van der Waals surface area contributed by atoms with E-state index in [2.05, 4.69) is 11.6 Å². The maximum absolute atomic E-state index is 12.6. The molecule has 3 aromatic rings. The van der Waals surface area contributed by atoms with E-state index in [1.807, 2.05) is 35.8 Å². The number of thiazole rings is 1. The number of hydrogen-bond acceptors (Lipinski definition) is 5. The molecule has 0 atom stereocenters. The molecule has 2 heterocycles. The molecule has 1 aromatic carbocycles. The monoisotopic (exact) mass is 359 g/mol. The normalized spacial score (nSPS) is 10.9. The maximum atomic E-state index is 12.6. The van der Waals surface area contributed by atoms with Crippen molar-refractivity contribution in [3.63, 3.8) is 0 Å². The average molecular weight is 359 g/mol. The van der Waals surface area contributed by atoms with Crippen molar-refractivity contribution in [2.75, 3.05) is 6.61 Å². The molecule has 7 heteroatoms. The lowest BCUT2D eigenvalue weighted by molar-refractivity contribution is 0.296. The highest BCUT2D eigenvalue weighted by atomic mass is 32.1. The number of allylic oxidation sites excluding steroid dienone is 1. The van der Waals surface area contributed by atoms with Crippen LogP contribution in [0.15, 0.2) is 48.0 Å². The van der Waals surface area contributed by atoms with E-state index in [4.69, 9.17) is 17.0 Å². The van der Waals surface area contributed by atoms with E-state index < -0.39 is 0 Å². The molecule has 0 N–H and O–H groups in total. The lowest BCUT2D eigenvalue weighted by atomic mass is 10.2. The highest BCUT2D eigenvalue weighted by Crippen LogP contribution is 2.17. The molecule has 0 radical (unpaired) electrons. The molecule has 5 nitrogen and oxygen atoms in total. The first-order chi connectivity index (χ1) is 11.6. The molecule has 0 aliphatic heterocycles. The summed E-state index contributed by atoms with van der Waals surface area (Å²) in [6, 6.07) is 7.82. The fraction of sp³-hybridized carbons (Fsp3) is 0.235. The fourth-order valence-electron chi connectivity index (χ4n) is 2.39. The van der Waals surface area contributed by atoms with Crippen molar-refractivity contribution < 1.29 is 4.74 Å². The Labute approximate surface area is 148 Å². The quantitative estimate of drug-likeness (QED) is 0.499. The van der Waals surface area contributed by atoms with Gasteiger partial charge < -0.3 is 9.30 Å². The molecular weight excluding hydrogens is 342 g/mol. The van der Waals surface area contributed by atoms with Crippen LogP contribution in [-0.2, 0) is 13.1 Å². The molecule has 124 valence electrons. The summed E-state index contributed by atoms with van der Waals surface area (Å²) in [5.74, 6) is 0.796. The first-order valence-electron chi connectivity index (χ1n) is 7.49. The van der Waals surface area contributed by atoms with Gasteiger partial charge in [0.05, 0.1) is 6.54 Å². The predicted molar refractivity (Wildman–Crippen MR) is 99.6 cm³/mol. The Kier molecular flexibility index (Phi) is 4.92. The zero-order chi connectivity index (χ0) is 17.1. The molecule has 0 saturated carbocycles. The summed E-state index contributed by atoms with van der Waals surface area (Å²) in [5.41, 5.74) is 1.66. The van der Waals surface area contributed by atoms with E-state index in [9.17, 15) is 4.79 Å². The lowest BCUT2D eigenvalue weighted by Crippen LogP contribution is -2.23. The topological polar surface area (TPSA) is 49.0 Å². The minimum Gasteiger partial charge on any atom is -0.492 e. The maximum Gasteiger partial charge on any atom is 0.273 e. The van der Waals surface area contributed by atoms with Crippen LogP contribution in [0.4, 0.5) is 0 Å². The molecule has 2 aromatic heterocycles. The van der Waals surface area contributed by atoms with Crippen molar-refractivity contribution >= 4 is 33.9 Å². The largest absolute Gasteiger partial charge is 0.492 e. The van der Waals surface area contributed by atoms with E-state index >= 15 is 0 Å². The Morgan fingerprint density at radius 2 is 2.29 bits per heavy atom. The Hall–Kier alpha value is -2.25. The summed E-state index contributed by atoms with van der Waals surface area (Å²) in [5, 5.41) is 0. The van der Waals surface area contributed by atoms with Crippen LogP contribution in [0, 0.1) is 10.9 Å². The third-order valence-electron chi connectivity index (χ3n) is 3.55. The Bertz CT molecular complexity index is 1000. The SMILES string of the molecule is C=CCn1c(=S)sc2c(=O)n(CCOc3cccc(C)c3)cnc21. The van der Waals surface area contributed by atoms with E-state index in [0.717, 1.165) is 11.3 Å². The van der Waals surface area contributed by atoms with E-state index in [1.165, 1.54) is 11.3 Å². The number of benzene rings is 1. The molecule has 0 fully saturated rings. The summed E-state index contributed by atoms with van der Waals surface area (Å²) in [6.45, 7) is 7.10. The van der Waals surface area contributed by atoms with Gasteiger partial charge in [-0.2, -0.15) is 0 Å². The predicted octanol–water partition coefficient (Wildman–Crippen LogP) is 3.56. The number of aryl methyl sites for hydroxylation is 1. The highest BCUT2D eigenvalue weighted by molar-refractivity contribution is 7.73. The van der Waals surface area contributed by atoms with Crippen LogP contribution in [-0.4, -0.2) is 20.7 Å². The van der Waals surface area contributed by atoms with Crippen molar-refractivity contribution in [3.05, 3.63) is 63.1 Å². The number of fused-ring (bicyclic) bond motifs is 1. The first-order valence-corrected chi connectivity index (χ1v) is 8.72. The van der Waals surface area contributed by atoms with Crippen molar-refractivity contribution in [3.8, 4) is 5.75 Å². The van der Waals surface area contributed by atoms with Gasteiger partial charge in [0.25, 0.3) is 5.56 Å². The zero-order valence-electron chi connectivity index (χ0n) is 13.3. The second-order valence-corrected chi connectivity index (χ2v) is 6.97. The molecular formula is C17H17N3O2S2. The number of rotatable bonds is 6. The van der Waals surface area contributed by atoms with Gasteiger partial charge in [0.2, 0.25) is 0 Å². The van der Waals surface area contributed by atoms with Crippen LogP contribution in [0.5, 0.6) is 5.75 Å². The molecule has 3 rings (SSSR count). The molecule has 0 bridgehead atoms. The fourth-order valence-corrected chi connectivity index (χ4v) is 3.70. The van der Waals surface area contributed by atoms with Crippen molar-refractivity contribution in [2.45, 2.75) is 20.0 Å². The molecule has 0 spiro atoms. The van der Waals surface area contributed by atoms with Crippen LogP contribution in [0.1, 0.15) is 5.56 Å². The van der Waals surface area contributed by atoms with Crippen LogP contribution < -0.4 is 10.3 Å². The van der Waals surface area contributed by atoms with Crippen molar-refractivity contribution in [1.82, 2.24) is 14.1 Å². The Balaban J connectivity index is 1.80. The molecule has 0 unspecified atom stereocenters. The smallest absolute Gasteiger partial charge is 0.273 e. The van der Waals surface area contributed by atoms with Gasteiger partial charge in [-0.25, -0.2) is 4.98 Å². The number of ether oxygens (including phenoxy) is 1. The van der Waals surface area contributed by atoms with Crippen LogP contribution >= 0.6 is 23.6 Å². The average Bonchev–Trinajstić information content (AvgIpc) is 2.87. The second kappa shape index (κ2) is 7.11. The summed E-state index contributed by atoms with van der Waals surface area (Å²) in [7, 11) is 0. The zero-order valence-corrected chi connectivity index (χ0v) is 14.9. The van der Waals surface area contributed by atoms with Gasteiger partial charge in [0, 0.05) is 6.54 Å². The summed E-state index contributed by atoms with van der Waals surface area (Å²) in [4.78, 5) is 17.0. The summed E-state index contributed by atoms with van der Waals surface area (Å²) < 4.78 is 10.3. The van der Waals surface area contributed by atoms with Crippen molar-refractivity contribution in [2.24, 2.45) is 0 Å². The van der Waals surface area contributed by atoms with Gasteiger partial charge in [0.1, 0.15) is 23.4 Å². The van der Waals surface area contributed by atoms with Crippen LogP contribution in [0.2, 0.25) is 0 Å². The first kappa shape index (κ1) is 16.6. The van der Waals surface area contributed by atoms with E-state index in [0.29, 0.717) is 34.0 Å². The number of hydrogen-bond donors (Lipinski definition) is 0. The summed E-state index contributed by atoms with van der Waals surface area (Å²) in [6.07, 6.45) is 3.29.